The van der Waals surface area contributed by atoms with Gasteiger partial charge in [-0.15, -0.1) is 0 Å². The van der Waals surface area contributed by atoms with Crippen LogP contribution >= 0.6 is 0 Å². The van der Waals surface area contributed by atoms with Crippen LogP contribution in [0.4, 0.5) is 0 Å². The van der Waals surface area contributed by atoms with E-state index in [1.54, 1.807) is 7.05 Å². The highest BCUT2D eigenvalue weighted by molar-refractivity contribution is 5.85. The molecule has 0 aliphatic carbocycles. The number of aryl methyl sites for hydroxylation is 1. The van der Waals surface area contributed by atoms with Crippen LogP contribution in [0.1, 0.15) is 28.8 Å². The van der Waals surface area contributed by atoms with E-state index in [0.717, 1.165) is 0 Å². The minimum Gasteiger partial charge on any atom is -0.463 e. The van der Waals surface area contributed by atoms with E-state index in [1.807, 2.05) is 0 Å². The Balaban J connectivity index is 2.79. The van der Waals surface area contributed by atoms with E-state index in [1.165, 1.54) is 17.9 Å². The standard InChI is InChI=1S/C10H15N5O4/c1-15-5-6(13-9(15)10(18)19-2)8(17)7(16)3-4-12-14-11/h5,7-8,16-17H,3-4H2,1-2H3. The number of carbonyl (C=O) groups excluding carboxylic acids is 1. The Labute approximate surface area is 109 Å². The zero-order valence-corrected chi connectivity index (χ0v) is 10.6. The van der Waals surface area contributed by atoms with Gasteiger partial charge in [0.25, 0.3) is 0 Å². The first-order chi connectivity index (χ1) is 9.01. The maximum atomic E-state index is 11.3. The largest absolute Gasteiger partial charge is 0.463 e. The molecule has 0 bridgehead atoms. The third-order valence-corrected chi connectivity index (χ3v) is 2.52. The second-order valence-corrected chi connectivity index (χ2v) is 3.85. The molecule has 0 fully saturated rings. The minimum atomic E-state index is -1.27. The topological polar surface area (TPSA) is 133 Å². The second-order valence-electron chi connectivity index (χ2n) is 3.85. The zero-order valence-electron chi connectivity index (χ0n) is 10.6. The van der Waals surface area contributed by atoms with E-state index in [0.29, 0.717) is 0 Å². The molecule has 0 aliphatic heterocycles. The molecule has 0 saturated heterocycles. The highest BCUT2D eigenvalue weighted by Crippen LogP contribution is 2.18. The maximum Gasteiger partial charge on any atom is 0.374 e. The van der Waals surface area contributed by atoms with Gasteiger partial charge in [-0.1, -0.05) is 5.11 Å². The molecule has 0 aromatic carbocycles. The van der Waals surface area contributed by atoms with Gasteiger partial charge in [-0.25, -0.2) is 9.78 Å². The smallest absolute Gasteiger partial charge is 0.374 e. The number of rotatable bonds is 6. The summed E-state index contributed by atoms with van der Waals surface area (Å²) in [4.78, 5) is 17.8. The van der Waals surface area contributed by atoms with Crippen molar-refractivity contribution >= 4 is 5.97 Å². The van der Waals surface area contributed by atoms with Crippen molar-refractivity contribution in [2.75, 3.05) is 13.7 Å². The average Bonchev–Trinajstić information content (AvgIpc) is 2.79. The van der Waals surface area contributed by atoms with E-state index in [9.17, 15) is 15.0 Å². The fraction of sp³-hybridized carbons (Fsp3) is 0.600. The molecular weight excluding hydrogens is 254 g/mol. The van der Waals surface area contributed by atoms with Crippen LogP contribution in [0, 0.1) is 0 Å². The predicted molar refractivity (Wildman–Crippen MR) is 64.1 cm³/mol. The fourth-order valence-corrected chi connectivity index (χ4v) is 1.50. The number of esters is 1. The van der Waals surface area contributed by atoms with Crippen LogP contribution in [0.25, 0.3) is 10.4 Å². The average molecular weight is 269 g/mol. The summed E-state index contributed by atoms with van der Waals surface area (Å²) < 4.78 is 5.92. The molecule has 0 spiro atoms. The number of aliphatic hydroxyl groups excluding tert-OH is 2. The number of aliphatic hydroxyl groups is 2. The fourth-order valence-electron chi connectivity index (χ4n) is 1.50. The number of carbonyl (C=O) groups is 1. The second kappa shape index (κ2) is 6.74. The van der Waals surface area contributed by atoms with E-state index >= 15 is 0 Å². The highest BCUT2D eigenvalue weighted by Gasteiger charge is 2.23. The van der Waals surface area contributed by atoms with Crippen molar-refractivity contribution < 1.29 is 19.7 Å². The molecule has 1 rings (SSSR count). The molecule has 9 heteroatoms. The van der Waals surface area contributed by atoms with Crippen LogP contribution < -0.4 is 0 Å². The first-order valence-corrected chi connectivity index (χ1v) is 5.49. The molecule has 1 aromatic heterocycles. The Kier molecular flexibility index (Phi) is 5.31. The SMILES string of the molecule is COC(=O)c1nc(C(O)C(O)CCN=[N+]=[N-])cn1C. The Hall–Kier alpha value is -2.09. The molecule has 19 heavy (non-hydrogen) atoms. The summed E-state index contributed by atoms with van der Waals surface area (Å²) in [5.74, 6) is -0.608. The lowest BCUT2D eigenvalue weighted by molar-refractivity contribution is 0.0126. The third kappa shape index (κ3) is 3.68. The zero-order chi connectivity index (χ0) is 14.4. The van der Waals surface area contributed by atoms with Gasteiger partial charge in [0.15, 0.2) is 0 Å². The van der Waals surface area contributed by atoms with Crippen LogP contribution in [0.15, 0.2) is 11.3 Å². The lowest BCUT2D eigenvalue weighted by Gasteiger charge is -2.14. The van der Waals surface area contributed by atoms with E-state index in [-0.39, 0.29) is 24.5 Å². The molecule has 2 N–H and O–H groups in total. The number of nitrogens with zero attached hydrogens (tertiary/aromatic N) is 5. The van der Waals surface area contributed by atoms with Gasteiger partial charge >= 0.3 is 5.97 Å². The van der Waals surface area contributed by atoms with Gasteiger partial charge < -0.3 is 19.5 Å². The van der Waals surface area contributed by atoms with Crippen molar-refractivity contribution in [3.05, 3.63) is 28.2 Å². The van der Waals surface area contributed by atoms with Crippen molar-refractivity contribution in [1.29, 1.82) is 0 Å². The summed E-state index contributed by atoms with van der Waals surface area (Å²) in [7, 11) is 2.80. The monoisotopic (exact) mass is 269 g/mol. The molecule has 0 aliphatic rings. The van der Waals surface area contributed by atoms with E-state index in [2.05, 4.69) is 19.7 Å². The number of ether oxygens (including phenoxy) is 1. The molecule has 1 aromatic rings. The van der Waals surface area contributed by atoms with Crippen LogP contribution in [-0.2, 0) is 11.8 Å². The van der Waals surface area contributed by atoms with Crippen molar-refractivity contribution in [3.8, 4) is 0 Å². The van der Waals surface area contributed by atoms with Gasteiger partial charge in [-0.3, -0.25) is 0 Å². The summed E-state index contributed by atoms with van der Waals surface area (Å²) in [6, 6.07) is 0. The molecule has 2 unspecified atom stereocenters. The normalized spacial score (nSPS) is 13.5. The van der Waals surface area contributed by atoms with Gasteiger partial charge in [0, 0.05) is 24.7 Å². The Bertz CT molecular complexity index is 494. The Morgan fingerprint density at radius 3 is 2.95 bits per heavy atom. The van der Waals surface area contributed by atoms with Gasteiger partial charge in [-0.05, 0) is 12.0 Å². The lowest BCUT2D eigenvalue weighted by atomic mass is 10.1. The van der Waals surface area contributed by atoms with Crippen molar-refractivity contribution in [3.63, 3.8) is 0 Å². The minimum absolute atomic E-state index is 0.0267. The molecule has 2 atom stereocenters. The van der Waals surface area contributed by atoms with Gasteiger partial charge in [-0.2, -0.15) is 0 Å². The van der Waals surface area contributed by atoms with E-state index < -0.39 is 18.2 Å². The van der Waals surface area contributed by atoms with Gasteiger partial charge in [0.1, 0.15) is 6.10 Å². The number of hydrogen-bond acceptors (Lipinski definition) is 6. The van der Waals surface area contributed by atoms with Crippen LogP contribution in [0.3, 0.4) is 0 Å². The number of methoxy groups -OCH3 is 1. The number of hydrogen-bond donors (Lipinski definition) is 2. The first kappa shape index (κ1) is 15.0. The lowest BCUT2D eigenvalue weighted by Crippen LogP contribution is -2.19. The van der Waals surface area contributed by atoms with Crippen molar-refractivity contribution in [2.24, 2.45) is 12.2 Å². The first-order valence-electron chi connectivity index (χ1n) is 5.49. The molecule has 104 valence electrons. The third-order valence-electron chi connectivity index (χ3n) is 2.52. The van der Waals surface area contributed by atoms with Crippen LogP contribution in [0.2, 0.25) is 0 Å². The molecule has 0 amide bonds. The Morgan fingerprint density at radius 2 is 2.37 bits per heavy atom. The van der Waals surface area contributed by atoms with Crippen molar-refractivity contribution in [2.45, 2.75) is 18.6 Å². The summed E-state index contributed by atoms with van der Waals surface area (Å²) in [6.07, 6.45) is -0.882. The molecule has 9 nitrogen and oxygen atoms in total. The predicted octanol–water partition coefficient (Wildman–Crippen LogP) is 0.301. The number of aromatic nitrogens is 2. The maximum absolute atomic E-state index is 11.3. The van der Waals surface area contributed by atoms with Gasteiger partial charge in [0.2, 0.25) is 5.82 Å². The van der Waals surface area contributed by atoms with Crippen molar-refractivity contribution in [1.82, 2.24) is 9.55 Å². The van der Waals surface area contributed by atoms with E-state index in [4.69, 9.17) is 5.53 Å². The number of azide groups is 1. The van der Waals surface area contributed by atoms with Crippen LogP contribution in [0.5, 0.6) is 0 Å². The molecular formula is C10H15N5O4. The van der Waals surface area contributed by atoms with Crippen LogP contribution in [-0.4, -0.2) is 45.5 Å². The summed E-state index contributed by atoms with van der Waals surface area (Å²) in [5.41, 5.74) is 8.26. The number of imidazole rings is 1. The highest BCUT2D eigenvalue weighted by atomic mass is 16.5. The molecule has 1 heterocycles. The Morgan fingerprint density at radius 1 is 1.68 bits per heavy atom. The summed E-state index contributed by atoms with van der Waals surface area (Å²) >= 11 is 0. The quantitative estimate of drug-likeness (QED) is 0.331. The summed E-state index contributed by atoms with van der Waals surface area (Å²) in [6.45, 7) is 0.0609. The summed E-state index contributed by atoms with van der Waals surface area (Å²) in [5, 5.41) is 22.8. The molecule has 0 saturated carbocycles. The molecule has 0 radical (unpaired) electrons. The van der Waals surface area contributed by atoms with Gasteiger partial charge in [0.05, 0.1) is 18.9 Å².